The molecule has 2 rings (SSSR count). The quantitative estimate of drug-likeness (QED) is 0.873. The zero-order chi connectivity index (χ0) is 17.0. The Hall–Kier alpha value is -2.67. The van der Waals surface area contributed by atoms with Crippen LogP contribution in [-0.2, 0) is 15.6 Å². The third-order valence-corrected chi connectivity index (χ3v) is 3.89. The molecule has 7 heteroatoms. The maximum absolute atomic E-state index is 12.1. The van der Waals surface area contributed by atoms with Crippen LogP contribution in [0.25, 0.3) is 0 Å². The van der Waals surface area contributed by atoms with Crippen LogP contribution in [0.15, 0.2) is 48.5 Å². The van der Waals surface area contributed by atoms with E-state index in [2.05, 4.69) is 5.32 Å². The molecular weight excluding hydrogens is 318 g/mol. The fraction of sp³-hybridized carbons (Fsp3) is 0.125. The molecule has 6 nitrogen and oxygen atoms in total. The predicted octanol–water partition coefficient (Wildman–Crippen LogP) is 2.18. The number of carbonyl (C=O) groups excluding carboxylic acids is 1. The van der Waals surface area contributed by atoms with Crippen LogP contribution in [-0.4, -0.2) is 31.7 Å². The number of sulfone groups is 1. The minimum atomic E-state index is -3.12. The molecule has 0 unspecified atom stereocenters. The molecular formula is C16H15NO5S. The molecule has 0 saturated heterocycles. The van der Waals surface area contributed by atoms with E-state index < -0.39 is 15.8 Å². The van der Waals surface area contributed by atoms with E-state index in [1.807, 2.05) is 0 Å². The second-order valence-electron chi connectivity index (χ2n) is 5.10. The van der Waals surface area contributed by atoms with Crippen LogP contribution in [0.1, 0.15) is 26.3 Å². The third kappa shape index (κ3) is 4.93. The Labute approximate surface area is 133 Å². The van der Waals surface area contributed by atoms with Crippen molar-refractivity contribution in [1.29, 1.82) is 0 Å². The lowest BCUT2D eigenvalue weighted by molar-refractivity contribution is 0.0696. The van der Waals surface area contributed by atoms with Gasteiger partial charge in [0.2, 0.25) is 0 Å². The minimum Gasteiger partial charge on any atom is -0.478 e. The molecule has 0 fully saturated rings. The van der Waals surface area contributed by atoms with E-state index in [0.717, 1.165) is 6.26 Å². The molecule has 0 aromatic heterocycles. The van der Waals surface area contributed by atoms with Crippen molar-refractivity contribution in [3.05, 3.63) is 65.2 Å². The Balaban J connectivity index is 2.07. The molecule has 0 heterocycles. The van der Waals surface area contributed by atoms with Gasteiger partial charge in [-0.2, -0.15) is 0 Å². The highest BCUT2D eigenvalue weighted by Gasteiger charge is 2.09. The van der Waals surface area contributed by atoms with Gasteiger partial charge in [0.25, 0.3) is 5.91 Å². The van der Waals surface area contributed by atoms with Gasteiger partial charge in [0.05, 0.1) is 11.3 Å². The van der Waals surface area contributed by atoms with Crippen molar-refractivity contribution in [3.63, 3.8) is 0 Å². The third-order valence-electron chi connectivity index (χ3n) is 3.03. The van der Waals surface area contributed by atoms with Gasteiger partial charge in [-0.3, -0.25) is 4.79 Å². The van der Waals surface area contributed by atoms with Gasteiger partial charge in [0.1, 0.15) is 0 Å². The highest BCUT2D eigenvalue weighted by Crippen LogP contribution is 2.13. The smallest absolute Gasteiger partial charge is 0.335 e. The van der Waals surface area contributed by atoms with Crippen molar-refractivity contribution in [1.82, 2.24) is 0 Å². The molecule has 2 N–H and O–H groups in total. The minimum absolute atomic E-state index is 0.0778. The summed E-state index contributed by atoms with van der Waals surface area (Å²) in [4.78, 5) is 22.8. The van der Waals surface area contributed by atoms with Crippen molar-refractivity contribution in [3.8, 4) is 0 Å². The number of carboxylic acids is 1. The number of carbonyl (C=O) groups is 2. The maximum atomic E-state index is 12.1. The summed E-state index contributed by atoms with van der Waals surface area (Å²) in [5.41, 5.74) is 1.59. The van der Waals surface area contributed by atoms with Crippen LogP contribution >= 0.6 is 0 Å². The van der Waals surface area contributed by atoms with Gasteiger partial charge in [-0.05, 0) is 42.0 Å². The van der Waals surface area contributed by atoms with E-state index in [1.165, 1.54) is 24.3 Å². The summed E-state index contributed by atoms with van der Waals surface area (Å²) in [5.74, 6) is -1.48. The molecule has 23 heavy (non-hydrogen) atoms. The first kappa shape index (κ1) is 16.7. The summed E-state index contributed by atoms with van der Waals surface area (Å²) in [6.45, 7) is 0. The normalized spacial score (nSPS) is 11.0. The van der Waals surface area contributed by atoms with Crippen LogP contribution in [0.5, 0.6) is 0 Å². The summed E-state index contributed by atoms with van der Waals surface area (Å²) >= 11 is 0. The Kier molecular flexibility index (Phi) is 4.80. The molecule has 0 aliphatic rings. The van der Waals surface area contributed by atoms with Crippen LogP contribution < -0.4 is 5.32 Å². The van der Waals surface area contributed by atoms with E-state index in [1.54, 1.807) is 24.3 Å². The average molecular weight is 333 g/mol. The lowest BCUT2D eigenvalue weighted by atomic mass is 10.1. The number of anilines is 1. The summed E-state index contributed by atoms with van der Waals surface area (Å²) in [6, 6.07) is 12.1. The Morgan fingerprint density at radius 1 is 0.957 bits per heavy atom. The molecule has 0 radical (unpaired) electrons. The summed E-state index contributed by atoms with van der Waals surface area (Å²) in [6.07, 6.45) is 1.15. The molecule has 120 valence electrons. The van der Waals surface area contributed by atoms with Crippen LogP contribution in [0.2, 0.25) is 0 Å². The van der Waals surface area contributed by atoms with Gasteiger partial charge in [-0.15, -0.1) is 0 Å². The number of amides is 1. The monoisotopic (exact) mass is 333 g/mol. The van der Waals surface area contributed by atoms with Gasteiger partial charge in [-0.1, -0.05) is 12.1 Å². The number of carboxylic acid groups (broad SMARTS) is 1. The largest absolute Gasteiger partial charge is 0.478 e. The number of rotatable bonds is 5. The van der Waals surface area contributed by atoms with E-state index in [4.69, 9.17) is 5.11 Å². The van der Waals surface area contributed by atoms with Crippen molar-refractivity contribution in [2.75, 3.05) is 11.6 Å². The Morgan fingerprint density at radius 2 is 1.48 bits per heavy atom. The molecule has 2 aromatic carbocycles. The van der Waals surface area contributed by atoms with E-state index >= 15 is 0 Å². The first-order valence-corrected chi connectivity index (χ1v) is 8.72. The lowest BCUT2D eigenvalue weighted by Crippen LogP contribution is -2.12. The SMILES string of the molecule is CS(=O)(=O)Cc1ccc(C(=O)Nc2ccc(C(=O)O)cc2)cc1. The first-order valence-electron chi connectivity index (χ1n) is 6.66. The topological polar surface area (TPSA) is 101 Å². The fourth-order valence-corrected chi connectivity index (χ4v) is 2.75. The summed E-state index contributed by atoms with van der Waals surface area (Å²) in [5, 5.41) is 11.5. The number of hydrogen-bond donors (Lipinski definition) is 2. The Bertz CT molecular complexity index is 824. The molecule has 0 atom stereocenters. The van der Waals surface area contributed by atoms with Crippen LogP contribution in [0.4, 0.5) is 5.69 Å². The molecule has 0 spiro atoms. The lowest BCUT2D eigenvalue weighted by Gasteiger charge is -2.06. The number of benzene rings is 2. The molecule has 1 amide bonds. The maximum Gasteiger partial charge on any atom is 0.335 e. The average Bonchev–Trinajstić information content (AvgIpc) is 2.46. The van der Waals surface area contributed by atoms with Crippen LogP contribution in [0.3, 0.4) is 0 Å². The first-order chi connectivity index (χ1) is 10.7. The van der Waals surface area contributed by atoms with Gasteiger partial charge in [-0.25, -0.2) is 13.2 Å². The van der Waals surface area contributed by atoms with E-state index in [9.17, 15) is 18.0 Å². The van der Waals surface area contributed by atoms with Crippen molar-refractivity contribution in [2.45, 2.75) is 5.75 Å². The molecule has 2 aromatic rings. The van der Waals surface area contributed by atoms with Crippen LogP contribution in [0, 0.1) is 0 Å². The second-order valence-corrected chi connectivity index (χ2v) is 7.24. The molecule has 0 bridgehead atoms. The number of aromatic carboxylic acids is 1. The van der Waals surface area contributed by atoms with Crippen molar-refractivity contribution in [2.24, 2.45) is 0 Å². The van der Waals surface area contributed by atoms with E-state index in [-0.39, 0.29) is 17.2 Å². The van der Waals surface area contributed by atoms with E-state index in [0.29, 0.717) is 16.8 Å². The van der Waals surface area contributed by atoms with Gasteiger partial charge in [0, 0.05) is 17.5 Å². The Morgan fingerprint density at radius 3 is 1.96 bits per heavy atom. The highest BCUT2D eigenvalue weighted by atomic mass is 32.2. The fourth-order valence-electron chi connectivity index (χ4n) is 1.95. The highest BCUT2D eigenvalue weighted by molar-refractivity contribution is 7.89. The van der Waals surface area contributed by atoms with Crippen molar-refractivity contribution < 1.29 is 23.1 Å². The van der Waals surface area contributed by atoms with Crippen molar-refractivity contribution >= 4 is 27.4 Å². The zero-order valence-electron chi connectivity index (χ0n) is 12.3. The predicted molar refractivity (Wildman–Crippen MR) is 86.3 cm³/mol. The molecule has 0 aliphatic heterocycles. The molecule has 0 saturated carbocycles. The second kappa shape index (κ2) is 6.62. The van der Waals surface area contributed by atoms with Gasteiger partial charge >= 0.3 is 5.97 Å². The summed E-state index contributed by atoms with van der Waals surface area (Å²) in [7, 11) is -3.12. The number of nitrogens with one attached hydrogen (secondary N) is 1. The number of hydrogen-bond acceptors (Lipinski definition) is 4. The summed E-state index contributed by atoms with van der Waals surface area (Å²) < 4.78 is 22.4. The van der Waals surface area contributed by atoms with Gasteiger partial charge in [0.15, 0.2) is 9.84 Å². The standard InChI is InChI=1S/C16H15NO5S/c1-23(21,22)10-11-2-4-12(5-3-11)15(18)17-14-8-6-13(7-9-14)16(19)20/h2-9H,10H2,1H3,(H,17,18)(H,19,20). The van der Waals surface area contributed by atoms with Gasteiger partial charge < -0.3 is 10.4 Å². The zero-order valence-corrected chi connectivity index (χ0v) is 13.1. The molecule has 0 aliphatic carbocycles.